The molecule has 0 fully saturated rings. The van der Waals surface area contributed by atoms with E-state index in [1.54, 1.807) is 12.1 Å². The lowest BCUT2D eigenvalue weighted by Gasteiger charge is -2.21. The van der Waals surface area contributed by atoms with E-state index in [4.69, 9.17) is 18.0 Å². The second-order valence-electron chi connectivity index (χ2n) is 3.44. The molecular formula is C13H14ClNO. The quantitative estimate of drug-likeness (QED) is 0.591. The highest BCUT2D eigenvalue weighted by molar-refractivity contribution is 6.33. The van der Waals surface area contributed by atoms with Gasteiger partial charge >= 0.3 is 0 Å². The Morgan fingerprint density at radius 3 is 2.69 bits per heavy atom. The molecule has 1 aromatic rings. The average molecular weight is 236 g/mol. The highest BCUT2D eigenvalue weighted by atomic mass is 35.5. The van der Waals surface area contributed by atoms with Gasteiger partial charge in [-0.1, -0.05) is 17.5 Å². The molecule has 0 aliphatic heterocycles. The molecule has 0 bridgehead atoms. The van der Waals surface area contributed by atoms with Crippen LogP contribution >= 0.6 is 11.6 Å². The van der Waals surface area contributed by atoms with E-state index in [1.807, 2.05) is 17.9 Å². The number of hydrogen-bond acceptors (Lipinski definition) is 2. The number of carbonyl (C=O) groups excluding carboxylic acids is 1. The summed E-state index contributed by atoms with van der Waals surface area (Å²) in [5, 5.41) is 0.560. The molecule has 0 saturated carbocycles. The summed E-state index contributed by atoms with van der Waals surface area (Å²) in [6.45, 7) is 4.82. The van der Waals surface area contributed by atoms with Crippen LogP contribution in [0.25, 0.3) is 0 Å². The molecule has 0 spiro atoms. The Morgan fingerprint density at radius 2 is 2.25 bits per heavy atom. The first-order chi connectivity index (χ1) is 7.60. The number of halogens is 1. The molecule has 1 rings (SSSR count). The zero-order valence-electron chi connectivity index (χ0n) is 9.46. The van der Waals surface area contributed by atoms with E-state index in [2.05, 4.69) is 5.92 Å². The lowest BCUT2D eigenvalue weighted by atomic mass is 10.1. The van der Waals surface area contributed by atoms with Crippen molar-refractivity contribution in [2.75, 3.05) is 18.0 Å². The molecule has 84 valence electrons. The fraction of sp³-hybridized carbons (Fsp3) is 0.308. The first kappa shape index (κ1) is 12.6. The Bertz CT molecular complexity index is 434. The summed E-state index contributed by atoms with van der Waals surface area (Å²) in [6.07, 6.45) is 5.28. The molecule has 0 aliphatic carbocycles. The Labute approximate surface area is 101 Å². The smallest absolute Gasteiger partial charge is 0.159 e. The van der Waals surface area contributed by atoms with Gasteiger partial charge in [0.05, 0.1) is 17.3 Å². The standard InChI is InChI=1S/C13H14ClNO/c1-4-8-15(5-2)13-7-6-11(10(3)16)9-12(13)14/h1,6-7,9H,5,8H2,2-3H3. The Morgan fingerprint density at radius 1 is 1.56 bits per heavy atom. The van der Waals surface area contributed by atoms with Crippen LogP contribution in [-0.4, -0.2) is 18.9 Å². The van der Waals surface area contributed by atoms with Crippen LogP contribution in [0.5, 0.6) is 0 Å². The minimum Gasteiger partial charge on any atom is -0.359 e. The van der Waals surface area contributed by atoms with Gasteiger partial charge in [0.2, 0.25) is 0 Å². The van der Waals surface area contributed by atoms with Gasteiger partial charge in [-0.05, 0) is 32.0 Å². The van der Waals surface area contributed by atoms with E-state index in [0.29, 0.717) is 17.1 Å². The van der Waals surface area contributed by atoms with Crippen molar-refractivity contribution in [2.24, 2.45) is 0 Å². The summed E-state index contributed by atoms with van der Waals surface area (Å²) in [5.41, 5.74) is 1.48. The van der Waals surface area contributed by atoms with Crippen molar-refractivity contribution in [2.45, 2.75) is 13.8 Å². The second-order valence-corrected chi connectivity index (χ2v) is 3.85. The molecule has 0 aliphatic rings. The Kier molecular flexibility index (Phi) is 4.39. The van der Waals surface area contributed by atoms with Gasteiger partial charge in [-0.15, -0.1) is 6.42 Å². The molecule has 0 heterocycles. The van der Waals surface area contributed by atoms with Crippen molar-refractivity contribution in [1.29, 1.82) is 0 Å². The normalized spacial score (nSPS) is 9.62. The first-order valence-electron chi connectivity index (χ1n) is 5.09. The maximum Gasteiger partial charge on any atom is 0.159 e. The number of benzene rings is 1. The van der Waals surface area contributed by atoms with E-state index >= 15 is 0 Å². The highest BCUT2D eigenvalue weighted by Gasteiger charge is 2.09. The van der Waals surface area contributed by atoms with Crippen molar-refractivity contribution < 1.29 is 4.79 Å². The zero-order valence-corrected chi connectivity index (χ0v) is 10.2. The predicted octanol–water partition coefficient (Wildman–Crippen LogP) is 3.00. The lowest BCUT2D eigenvalue weighted by Crippen LogP contribution is -2.23. The van der Waals surface area contributed by atoms with Crippen LogP contribution in [-0.2, 0) is 0 Å². The third kappa shape index (κ3) is 2.77. The summed E-state index contributed by atoms with van der Waals surface area (Å²) >= 11 is 6.12. The van der Waals surface area contributed by atoms with Crippen LogP contribution in [0.1, 0.15) is 24.2 Å². The van der Waals surface area contributed by atoms with Crippen molar-refractivity contribution in [3.63, 3.8) is 0 Å². The molecule has 0 saturated heterocycles. The van der Waals surface area contributed by atoms with E-state index in [1.165, 1.54) is 6.92 Å². The number of Topliss-reactive ketones (excluding diaryl/α,β-unsaturated/α-hetero) is 1. The third-order valence-electron chi connectivity index (χ3n) is 2.36. The molecule has 2 nitrogen and oxygen atoms in total. The minimum absolute atomic E-state index is 0.00782. The fourth-order valence-electron chi connectivity index (χ4n) is 1.46. The second kappa shape index (κ2) is 5.58. The summed E-state index contributed by atoms with van der Waals surface area (Å²) in [6, 6.07) is 5.28. The SMILES string of the molecule is C#CCN(CC)c1ccc(C(C)=O)cc1Cl. The Hall–Kier alpha value is -1.46. The maximum atomic E-state index is 11.2. The summed E-state index contributed by atoms with van der Waals surface area (Å²) in [5.74, 6) is 2.59. The monoisotopic (exact) mass is 235 g/mol. The molecule has 0 amide bonds. The highest BCUT2D eigenvalue weighted by Crippen LogP contribution is 2.26. The molecule has 3 heteroatoms. The molecule has 0 N–H and O–H groups in total. The number of terminal acetylenes is 1. The average Bonchev–Trinajstić information content (AvgIpc) is 2.26. The number of hydrogen-bond donors (Lipinski definition) is 0. The fourth-order valence-corrected chi connectivity index (χ4v) is 1.76. The van der Waals surface area contributed by atoms with Gasteiger partial charge < -0.3 is 4.90 Å². The van der Waals surface area contributed by atoms with Crippen LogP contribution in [0.15, 0.2) is 18.2 Å². The summed E-state index contributed by atoms with van der Waals surface area (Å²) < 4.78 is 0. The number of anilines is 1. The lowest BCUT2D eigenvalue weighted by molar-refractivity contribution is 0.101. The number of nitrogens with zero attached hydrogens (tertiary/aromatic N) is 1. The zero-order chi connectivity index (χ0) is 12.1. The van der Waals surface area contributed by atoms with Gasteiger partial charge in [0.1, 0.15) is 0 Å². The van der Waals surface area contributed by atoms with Crippen LogP contribution in [0.2, 0.25) is 5.02 Å². The minimum atomic E-state index is 0.00782. The van der Waals surface area contributed by atoms with Crippen LogP contribution in [0, 0.1) is 12.3 Å². The van der Waals surface area contributed by atoms with E-state index in [0.717, 1.165) is 12.2 Å². The van der Waals surface area contributed by atoms with Crippen molar-refractivity contribution in [3.05, 3.63) is 28.8 Å². The van der Waals surface area contributed by atoms with E-state index in [-0.39, 0.29) is 5.78 Å². The van der Waals surface area contributed by atoms with E-state index < -0.39 is 0 Å². The van der Waals surface area contributed by atoms with Gasteiger partial charge in [0.25, 0.3) is 0 Å². The molecule has 0 radical (unpaired) electrons. The van der Waals surface area contributed by atoms with Gasteiger partial charge in [-0.3, -0.25) is 4.79 Å². The van der Waals surface area contributed by atoms with Crippen LogP contribution in [0.3, 0.4) is 0 Å². The molecular weight excluding hydrogens is 222 g/mol. The van der Waals surface area contributed by atoms with Crippen molar-refractivity contribution in [3.8, 4) is 12.3 Å². The molecule has 1 aromatic carbocycles. The molecule has 0 atom stereocenters. The first-order valence-corrected chi connectivity index (χ1v) is 5.46. The van der Waals surface area contributed by atoms with Gasteiger partial charge in [0, 0.05) is 12.1 Å². The summed E-state index contributed by atoms with van der Waals surface area (Å²) in [7, 11) is 0. The molecule has 0 unspecified atom stereocenters. The van der Waals surface area contributed by atoms with Crippen molar-refractivity contribution >= 4 is 23.1 Å². The number of rotatable bonds is 4. The topological polar surface area (TPSA) is 20.3 Å². The van der Waals surface area contributed by atoms with Gasteiger partial charge in [-0.25, -0.2) is 0 Å². The Balaban J connectivity index is 3.07. The van der Waals surface area contributed by atoms with Gasteiger partial charge in [0.15, 0.2) is 5.78 Å². The number of carbonyl (C=O) groups is 1. The predicted molar refractivity (Wildman–Crippen MR) is 68.2 cm³/mol. The largest absolute Gasteiger partial charge is 0.359 e. The van der Waals surface area contributed by atoms with Crippen LogP contribution in [0.4, 0.5) is 5.69 Å². The summed E-state index contributed by atoms with van der Waals surface area (Å²) in [4.78, 5) is 13.1. The van der Waals surface area contributed by atoms with Crippen molar-refractivity contribution in [1.82, 2.24) is 0 Å². The third-order valence-corrected chi connectivity index (χ3v) is 2.66. The van der Waals surface area contributed by atoms with Gasteiger partial charge in [-0.2, -0.15) is 0 Å². The van der Waals surface area contributed by atoms with Crippen LogP contribution < -0.4 is 4.90 Å². The molecule has 16 heavy (non-hydrogen) atoms. The van der Waals surface area contributed by atoms with E-state index in [9.17, 15) is 4.79 Å². The molecule has 0 aromatic heterocycles. The number of ketones is 1. The maximum absolute atomic E-state index is 11.2.